The van der Waals surface area contributed by atoms with Crippen LogP contribution in [-0.2, 0) is 16.0 Å². The third-order valence-corrected chi connectivity index (χ3v) is 3.80. The fourth-order valence-electron chi connectivity index (χ4n) is 2.88. The van der Waals surface area contributed by atoms with Crippen molar-refractivity contribution in [3.8, 4) is 6.07 Å². The van der Waals surface area contributed by atoms with E-state index in [1.54, 1.807) is 0 Å². The predicted octanol–water partition coefficient (Wildman–Crippen LogP) is 1.90. The molecular weight excluding hydrogens is 240 g/mol. The molecule has 0 aliphatic carbocycles. The van der Waals surface area contributed by atoms with Crippen LogP contribution in [0.1, 0.15) is 24.0 Å². The molecule has 2 heterocycles. The van der Waals surface area contributed by atoms with Gasteiger partial charge in [0.25, 0.3) is 0 Å². The van der Waals surface area contributed by atoms with Gasteiger partial charge in [0.1, 0.15) is 0 Å². The maximum atomic E-state index is 8.80. The van der Waals surface area contributed by atoms with Gasteiger partial charge in [-0.05, 0) is 30.7 Å². The SMILES string of the molecule is N#Cc1ccc(CN2CCCC3(C2)OCCO3)cc1. The van der Waals surface area contributed by atoms with Crippen molar-refractivity contribution in [2.75, 3.05) is 26.3 Å². The van der Waals surface area contributed by atoms with Gasteiger partial charge in [0, 0.05) is 13.0 Å². The van der Waals surface area contributed by atoms with Gasteiger partial charge >= 0.3 is 0 Å². The third-order valence-electron chi connectivity index (χ3n) is 3.80. The summed E-state index contributed by atoms with van der Waals surface area (Å²) in [5.41, 5.74) is 1.94. The minimum absolute atomic E-state index is 0.356. The van der Waals surface area contributed by atoms with Crippen molar-refractivity contribution >= 4 is 0 Å². The smallest absolute Gasteiger partial charge is 0.181 e. The largest absolute Gasteiger partial charge is 0.346 e. The van der Waals surface area contributed by atoms with Crippen molar-refractivity contribution in [2.45, 2.75) is 25.2 Å². The first kappa shape index (κ1) is 12.6. The fraction of sp³-hybridized carbons (Fsp3) is 0.533. The molecule has 0 amide bonds. The van der Waals surface area contributed by atoms with Crippen LogP contribution in [0.5, 0.6) is 0 Å². The number of benzene rings is 1. The van der Waals surface area contributed by atoms with Crippen molar-refractivity contribution in [1.29, 1.82) is 5.26 Å². The van der Waals surface area contributed by atoms with E-state index in [4.69, 9.17) is 14.7 Å². The summed E-state index contributed by atoms with van der Waals surface area (Å²) in [4.78, 5) is 2.37. The van der Waals surface area contributed by atoms with Gasteiger partial charge in [-0.15, -0.1) is 0 Å². The Labute approximate surface area is 113 Å². The second-order valence-electron chi connectivity index (χ2n) is 5.23. The molecule has 4 heteroatoms. The van der Waals surface area contributed by atoms with Gasteiger partial charge in [-0.3, -0.25) is 4.90 Å². The maximum absolute atomic E-state index is 8.80. The van der Waals surface area contributed by atoms with E-state index < -0.39 is 0 Å². The molecule has 0 saturated carbocycles. The highest BCUT2D eigenvalue weighted by Gasteiger charge is 2.40. The van der Waals surface area contributed by atoms with Gasteiger partial charge in [-0.1, -0.05) is 12.1 Å². The molecule has 2 fully saturated rings. The summed E-state index contributed by atoms with van der Waals surface area (Å²) in [6.45, 7) is 4.23. The molecule has 0 atom stereocenters. The number of rotatable bonds is 2. The average molecular weight is 258 g/mol. The number of likely N-dealkylation sites (tertiary alicyclic amines) is 1. The van der Waals surface area contributed by atoms with E-state index in [1.807, 2.05) is 24.3 Å². The van der Waals surface area contributed by atoms with E-state index in [1.165, 1.54) is 5.56 Å². The minimum Gasteiger partial charge on any atom is -0.346 e. The summed E-state index contributed by atoms with van der Waals surface area (Å²) in [6.07, 6.45) is 2.10. The lowest BCUT2D eigenvalue weighted by molar-refractivity contribution is -0.190. The van der Waals surface area contributed by atoms with Gasteiger partial charge in [0.15, 0.2) is 5.79 Å². The molecule has 4 nitrogen and oxygen atoms in total. The zero-order valence-electron chi connectivity index (χ0n) is 11.0. The molecule has 0 bridgehead atoms. The van der Waals surface area contributed by atoms with E-state index in [0.29, 0.717) is 18.8 Å². The Balaban J connectivity index is 1.64. The quantitative estimate of drug-likeness (QED) is 0.812. The highest BCUT2D eigenvalue weighted by atomic mass is 16.7. The van der Waals surface area contributed by atoms with Crippen LogP contribution in [-0.4, -0.2) is 37.0 Å². The summed E-state index contributed by atoms with van der Waals surface area (Å²) in [5.74, 6) is -0.356. The standard InChI is InChI=1S/C15H18N2O2/c16-10-13-2-4-14(5-3-13)11-17-7-1-6-15(12-17)18-8-9-19-15/h2-5H,1,6-9,11-12H2. The van der Waals surface area contributed by atoms with Gasteiger partial charge < -0.3 is 9.47 Å². The zero-order chi connectivity index (χ0) is 13.1. The average Bonchev–Trinajstić information content (AvgIpc) is 2.88. The molecule has 19 heavy (non-hydrogen) atoms. The second kappa shape index (κ2) is 5.30. The molecule has 1 spiro atoms. The van der Waals surface area contributed by atoms with Crippen LogP contribution in [0, 0.1) is 11.3 Å². The normalized spacial score (nSPS) is 22.5. The van der Waals surface area contributed by atoms with Crippen LogP contribution >= 0.6 is 0 Å². The number of hydrogen-bond donors (Lipinski definition) is 0. The van der Waals surface area contributed by atoms with E-state index >= 15 is 0 Å². The van der Waals surface area contributed by atoms with Crippen molar-refractivity contribution in [3.63, 3.8) is 0 Å². The Kier molecular flexibility index (Phi) is 3.52. The second-order valence-corrected chi connectivity index (χ2v) is 5.23. The molecule has 0 aromatic heterocycles. The van der Waals surface area contributed by atoms with Gasteiger partial charge in [-0.2, -0.15) is 5.26 Å². The molecule has 100 valence electrons. The van der Waals surface area contributed by atoms with Gasteiger partial charge in [0.05, 0.1) is 31.4 Å². The topological polar surface area (TPSA) is 45.5 Å². The number of piperidine rings is 1. The lowest BCUT2D eigenvalue weighted by Crippen LogP contribution is -2.48. The molecule has 1 aromatic carbocycles. The Hall–Kier alpha value is -1.41. The van der Waals surface area contributed by atoms with E-state index in [0.717, 1.165) is 32.5 Å². The van der Waals surface area contributed by atoms with Crippen LogP contribution in [0.4, 0.5) is 0 Å². The monoisotopic (exact) mass is 258 g/mol. The molecule has 3 rings (SSSR count). The Morgan fingerprint density at radius 1 is 1.21 bits per heavy atom. The highest BCUT2D eigenvalue weighted by Crippen LogP contribution is 2.30. The highest BCUT2D eigenvalue weighted by molar-refractivity contribution is 5.31. The Bertz CT molecular complexity index is 472. The van der Waals surface area contributed by atoms with Crippen LogP contribution in [0.2, 0.25) is 0 Å². The van der Waals surface area contributed by atoms with Crippen molar-refractivity contribution in [2.24, 2.45) is 0 Å². The number of hydrogen-bond acceptors (Lipinski definition) is 4. The number of nitrogens with zero attached hydrogens (tertiary/aromatic N) is 2. The molecular formula is C15H18N2O2. The van der Waals surface area contributed by atoms with Crippen LogP contribution < -0.4 is 0 Å². The molecule has 2 aliphatic heterocycles. The minimum atomic E-state index is -0.356. The van der Waals surface area contributed by atoms with Crippen molar-refractivity contribution in [1.82, 2.24) is 4.90 Å². The van der Waals surface area contributed by atoms with Crippen LogP contribution in [0.15, 0.2) is 24.3 Å². The summed E-state index contributed by atoms with van der Waals surface area (Å²) in [6, 6.07) is 9.94. The Morgan fingerprint density at radius 2 is 1.95 bits per heavy atom. The first-order valence-electron chi connectivity index (χ1n) is 6.79. The lowest BCUT2D eigenvalue weighted by Gasteiger charge is -2.38. The van der Waals surface area contributed by atoms with Crippen LogP contribution in [0.25, 0.3) is 0 Å². The number of ether oxygens (including phenoxy) is 2. The molecule has 0 radical (unpaired) electrons. The van der Waals surface area contributed by atoms with Gasteiger partial charge in [0.2, 0.25) is 0 Å². The predicted molar refractivity (Wildman–Crippen MR) is 70.3 cm³/mol. The maximum Gasteiger partial charge on any atom is 0.181 e. The van der Waals surface area contributed by atoms with Crippen LogP contribution in [0.3, 0.4) is 0 Å². The summed E-state index contributed by atoms with van der Waals surface area (Å²) in [7, 11) is 0. The molecule has 2 aliphatic rings. The molecule has 0 unspecified atom stereocenters. The molecule has 0 N–H and O–H groups in total. The molecule has 2 saturated heterocycles. The summed E-state index contributed by atoms with van der Waals surface area (Å²) < 4.78 is 11.6. The third kappa shape index (κ3) is 2.79. The first-order valence-corrected chi connectivity index (χ1v) is 6.79. The summed E-state index contributed by atoms with van der Waals surface area (Å²) >= 11 is 0. The van der Waals surface area contributed by atoms with Crippen molar-refractivity contribution < 1.29 is 9.47 Å². The molecule has 1 aromatic rings. The lowest BCUT2D eigenvalue weighted by atomic mass is 10.0. The van der Waals surface area contributed by atoms with E-state index in [9.17, 15) is 0 Å². The van der Waals surface area contributed by atoms with E-state index in [2.05, 4.69) is 11.0 Å². The van der Waals surface area contributed by atoms with Crippen molar-refractivity contribution in [3.05, 3.63) is 35.4 Å². The van der Waals surface area contributed by atoms with Gasteiger partial charge in [-0.25, -0.2) is 0 Å². The summed E-state index contributed by atoms with van der Waals surface area (Å²) in [5, 5.41) is 8.80. The fourth-order valence-corrected chi connectivity index (χ4v) is 2.88. The Morgan fingerprint density at radius 3 is 2.63 bits per heavy atom. The first-order chi connectivity index (χ1) is 9.30. The van der Waals surface area contributed by atoms with E-state index in [-0.39, 0.29) is 5.79 Å². The number of nitriles is 1. The zero-order valence-corrected chi connectivity index (χ0v) is 11.0.